The maximum atomic E-state index is 3.45. The van der Waals surface area contributed by atoms with Gasteiger partial charge in [-0.3, -0.25) is 0 Å². The second-order valence-corrected chi connectivity index (χ2v) is 5.57. The number of hydrogen-bond donors (Lipinski definition) is 1. The second-order valence-electron chi connectivity index (χ2n) is 5.57. The van der Waals surface area contributed by atoms with Gasteiger partial charge in [-0.1, -0.05) is 27.2 Å². The van der Waals surface area contributed by atoms with E-state index < -0.39 is 0 Å². The van der Waals surface area contributed by atoms with Gasteiger partial charge < -0.3 is 10.2 Å². The highest BCUT2D eigenvalue weighted by atomic mass is 15.2. The number of nitrogens with one attached hydrogen (secondary N) is 1. The van der Waals surface area contributed by atoms with E-state index in [1.807, 2.05) is 0 Å². The lowest BCUT2D eigenvalue weighted by molar-refractivity contribution is 0.158. The molecule has 1 unspecified atom stereocenters. The third-order valence-electron chi connectivity index (χ3n) is 3.28. The average Bonchev–Trinajstić information content (AvgIpc) is 2.14. The molecule has 0 aromatic heterocycles. The van der Waals surface area contributed by atoms with Gasteiger partial charge in [-0.05, 0) is 38.4 Å². The SMILES string of the molecule is CNC(CN1CCCCC1)C(C)(C)C. The molecule has 1 aliphatic heterocycles. The molecule has 0 spiro atoms. The summed E-state index contributed by atoms with van der Waals surface area (Å²) in [6, 6.07) is 0.612. The minimum atomic E-state index is 0.367. The number of nitrogens with zero attached hydrogens (tertiary/aromatic N) is 1. The van der Waals surface area contributed by atoms with Gasteiger partial charge in [0, 0.05) is 12.6 Å². The lowest BCUT2D eigenvalue weighted by Crippen LogP contribution is -2.48. The highest BCUT2D eigenvalue weighted by Gasteiger charge is 2.25. The van der Waals surface area contributed by atoms with Crippen LogP contribution >= 0.6 is 0 Å². The first-order chi connectivity index (χ1) is 6.54. The zero-order valence-electron chi connectivity index (χ0n) is 10.3. The molecule has 14 heavy (non-hydrogen) atoms. The lowest BCUT2D eigenvalue weighted by atomic mass is 9.86. The summed E-state index contributed by atoms with van der Waals surface area (Å²) in [6.07, 6.45) is 4.21. The molecule has 1 N–H and O–H groups in total. The predicted octanol–water partition coefficient (Wildman–Crippen LogP) is 2.11. The van der Waals surface area contributed by atoms with Gasteiger partial charge in [-0.25, -0.2) is 0 Å². The third-order valence-corrected chi connectivity index (χ3v) is 3.28. The van der Waals surface area contributed by atoms with Gasteiger partial charge >= 0.3 is 0 Å². The first-order valence-corrected chi connectivity index (χ1v) is 5.93. The number of likely N-dealkylation sites (tertiary alicyclic amines) is 1. The Morgan fingerprint density at radius 3 is 2.14 bits per heavy atom. The zero-order valence-corrected chi connectivity index (χ0v) is 10.3. The van der Waals surface area contributed by atoms with Crippen molar-refractivity contribution in [2.24, 2.45) is 5.41 Å². The fraction of sp³-hybridized carbons (Fsp3) is 1.00. The van der Waals surface area contributed by atoms with Crippen LogP contribution in [0.2, 0.25) is 0 Å². The molecule has 2 nitrogen and oxygen atoms in total. The van der Waals surface area contributed by atoms with Gasteiger partial charge in [-0.2, -0.15) is 0 Å². The van der Waals surface area contributed by atoms with Crippen molar-refractivity contribution in [3.63, 3.8) is 0 Å². The number of likely N-dealkylation sites (N-methyl/N-ethyl adjacent to an activating group) is 1. The Bertz CT molecular complexity index is 154. The van der Waals surface area contributed by atoms with E-state index in [1.165, 1.54) is 38.9 Å². The van der Waals surface area contributed by atoms with Crippen LogP contribution in [0.3, 0.4) is 0 Å². The molecule has 0 aromatic carbocycles. The van der Waals surface area contributed by atoms with Crippen molar-refractivity contribution in [1.82, 2.24) is 10.2 Å². The van der Waals surface area contributed by atoms with E-state index in [9.17, 15) is 0 Å². The first kappa shape index (κ1) is 12.0. The van der Waals surface area contributed by atoms with Crippen LogP contribution in [0.4, 0.5) is 0 Å². The Balaban J connectivity index is 2.39. The van der Waals surface area contributed by atoms with Crippen LogP contribution in [-0.4, -0.2) is 37.6 Å². The van der Waals surface area contributed by atoms with Crippen LogP contribution in [0.1, 0.15) is 40.0 Å². The summed E-state index contributed by atoms with van der Waals surface area (Å²) < 4.78 is 0. The standard InChI is InChI=1S/C12H26N2/c1-12(2,3)11(13-4)10-14-8-6-5-7-9-14/h11,13H,5-10H2,1-4H3. The summed E-state index contributed by atoms with van der Waals surface area (Å²) in [5.41, 5.74) is 0.367. The van der Waals surface area contributed by atoms with E-state index >= 15 is 0 Å². The lowest BCUT2D eigenvalue weighted by Gasteiger charge is -2.36. The number of rotatable bonds is 3. The minimum absolute atomic E-state index is 0.367. The zero-order chi connectivity index (χ0) is 10.6. The molecule has 0 aliphatic carbocycles. The Kier molecular flexibility index (Phi) is 4.39. The molecule has 1 heterocycles. The van der Waals surface area contributed by atoms with Crippen LogP contribution in [0, 0.1) is 5.41 Å². The highest BCUT2D eigenvalue weighted by molar-refractivity contribution is 4.83. The molecule has 1 atom stereocenters. The van der Waals surface area contributed by atoms with Crippen LogP contribution in [0.15, 0.2) is 0 Å². The summed E-state index contributed by atoms with van der Waals surface area (Å²) in [5.74, 6) is 0. The van der Waals surface area contributed by atoms with Gasteiger partial charge in [-0.15, -0.1) is 0 Å². The maximum absolute atomic E-state index is 3.45. The van der Waals surface area contributed by atoms with E-state index in [-0.39, 0.29) is 0 Å². The predicted molar refractivity (Wildman–Crippen MR) is 62.6 cm³/mol. The largest absolute Gasteiger partial charge is 0.315 e. The van der Waals surface area contributed by atoms with E-state index in [0.29, 0.717) is 11.5 Å². The fourth-order valence-corrected chi connectivity index (χ4v) is 2.20. The molecule has 0 bridgehead atoms. The number of piperidine rings is 1. The van der Waals surface area contributed by atoms with Crippen LogP contribution in [-0.2, 0) is 0 Å². The van der Waals surface area contributed by atoms with Crippen LogP contribution < -0.4 is 5.32 Å². The first-order valence-electron chi connectivity index (χ1n) is 5.93. The minimum Gasteiger partial charge on any atom is -0.315 e. The van der Waals surface area contributed by atoms with Gasteiger partial charge in [0.1, 0.15) is 0 Å². The van der Waals surface area contributed by atoms with Crippen molar-refractivity contribution >= 4 is 0 Å². The van der Waals surface area contributed by atoms with Crippen molar-refractivity contribution < 1.29 is 0 Å². The quantitative estimate of drug-likeness (QED) is 0.747. The van der Waals surface area contributed by atoms with E-state index in [2.05, 4.69) is 38.0 Å². The molecule has 84 valence electrons. The Hall–Kier alpha value is -0.0800. The topological polar surface area (TPSA) is 15.3 Å². The molecule has 0 saturated carbocycles. The normalized spacial score (nSPS) is 22.3. The van der Waals surface area contributed by atoms with E-state index in [4.69, 9.17) is 0 Å². The summed E-state index contributed by atoms with van der Waals surface area (Å²) in [5, 5.41) is 3.45. The molecular formula is C12H26N2. The molecule has 0 aromatic rings. The maximum Gasteiger partial charge on any atom is 0.0240 e. The second kappa shape index (κ2) is 5.13. The summed E-state index contributed by atoms with van der Waals surface area (Å²) in [7, 11) is 2.08. The van der Waals surface area contributed by atoms with Gasteiger partial charge in [0.05, 0.1) is 0 Å². The highest BCUT2D eigenvalue weighted by Crippen LogP contribution is 2.21. The summed E-state index contributed by atoms with van der Waals surface area (Å²) >= 11 is 0. The number of hydrogen-bond acceptors (Lipinski definition) is 2. The van der Waals surface area contributed by atoms with Crippen LogP contribution in [0.5, 0.6) is 0 Å². The Morgan fingerprint density at radius 1 is 1.14 bits per heavy atom. The van der Waals surface area contributed by atoms with Crippen LogP contribution in [0.25, 0.3) is 0 Å². The van der Waals surface area contributed by atoms with Crippen molar-refractivity contribution in [2.45, 2.75) is 46.1 Å². The molecule has 0 amide bonds. The Morgan fingerprint density at radius 2 is 1.71 bits per heavy atom. The van der Waals surface area contributed by atoms with Crippen molar-refractivity contribution in [1.29, 1.82) is 0 Å². The molecule has 1 fully saturated rings. The van der Waals surface area contributed by atoms with Gasteiger partial charge in [0.25, 0.3) is 0 Å². The fourth-order valence-electron chi connectivity index (χ4n) is 2.20. The Labute approximate surface area is 89.1 Å². The van der Waals surface area contributed by atoms with E-state index in [1.54, 1.807) is 0 Å². The molecule has 0 radical (unpaired) electrons. The molecule has 1 aliphatic rings. The third kappa shape index (κ3) is 3.58. The average molecular weight is 198 g/mol. The molecule has 2 heteroatoms. The summed E-state index contributed by atoms with van der Waals surface area (Å²) in [6.45, 7) is 10.8. The summed E-state index contributed by atoms with van der Waals surface area (Å²) in [4.78, 5) is 2.61. The molecule has 1 rings (SSSR count). The van der Waals surface area contributed by atoms with Crippen molar-refractivity contribution in [3.05, 3.63) is 0 Å². The van der Waals surface area contributed by atoms with Crippen molar-refractivity contribution in [3.8, 4) is 0 Å². The van der Waals surface area contributed by atoms with Gasteiger partial charge in [0.15, 0.2) is 0 Å². The molecule has 1 saturated heterocycles. The monoisotopic (exact) mass is 198 g/mol. The van der Waals surface area contributed by atoms with E-state index in [0.717, 1.165) is 0 Å². The van der Waals surface area contributed by atoms with Gasteiger partial charge in [0.2, 0.25) is 0 Å². The smallest absolute Gasteiger partial charge is 0.0240 e. The molecular weight excluding hydrogens is 172 g/mol. The van der Waals surface area contributed by atoms with Crippen molar-refractivity contribution in [2.75, 3.05) is 26.7 Å².